The molecule has 1 atom stereocenters. The lowest BCUT2D eigenvalue weighted by Gasteiger charge is -2.22. The molecular formula is C25H27ClN2O4S. The average Bonchev–Trinajstić information content (AvgIpc) is 2.79. The van der Waals surface area contributed by atoms with Gasteiger partial charge in [-0.25, -0.2) is 8.42 Å². The van der Waals surface area contributed by atoms with Crippen LogP contribution >= 0.6 is 11.6 Å². The van der Waals surface area contributed by atoms with E-state index in [0.717, 1.165) is 11.3 Å². The predicted molar refractivity (Wildman–Crippen MR) is 131 cm³/mol. The second kappa shape index (κ2) is 10.7. The maximum atomic E-state index is 13.1. The van der Waals surface area contributed by atoms with Gasteiger partial charge in [0.15, 0.2) is 0 Å². The number of halogens is 1. The Hall–Kier alpha value is -3.03. The smallest absolute Gasteiger partial charge is 0.263 e. The molecule has 8 heteroatoms. The molecule has 0 saturated carbocycles. The van der Waals surface area contributed by atoms with Gasteiger partial charge in [0.2, 0.25) is 0 Å². The van der Waals surface area contributed by atoms with Gasteiger partial charge in [-0.15, -0.1) is 0 Å². The largest absolute Gasteiger partial charge is 0.497 e. The third-order valence-corrected chi connectivity index (χ3v) is 6.90. The van der Waals surface area contributed by atoms with Crippen LogP contribution in [-0.4, -0.2) is 21.4 Å². The molecule has 0 unspecified atom stereocenters. The fourth-order valence-corrected chi connectivity index (χ4v) is 4.98. The highest BCUT2D eigenvalue weighted by Gasteiger charge is 2.22. The molecule has 0 radical (unpaired) electrons. The first-order chi connectivity index (χ1) is 15.7. The summed E-state index contributed by atoms with van der Waals surface area (Å²) < 4.78 is 33.5. The molecule has 0 aromatic heterocycles. The molecule has 0 fully saturated rings. The van der Waals surface area contributed by atoms with Crippen molar-refractivity contribution in [3.05, 3.63) is 88.9 Å². The number of rotatable bonds is 9. The SMILES string of the molecule is COc1ccc([C@@H](CC(C)C)NC(=O)c2ccc(Cl)c(S(=O)(=O)Nc3ccccc3)c2)cc1. The van der Waals surface area contributed by atoms with Crippen LogP contribution in [0.2, 0.25) is 5.02 Å². The van der Waals surface area contributed by atoms with E-state index in [1.807, 2.05) is 24.3 Å². The van der Waals surface area contributed by atoms with Gasteiger partial charge in [-0.3, -0.25) is 9.52 Å². The van der Waals surface area contributed by atoms with Crippen LogP contribution in [0, 0.1) is 5.92 Å². The fourth-order valence-electron chi connectivity index (χ4n) is 3.39. The molecule has 0 heterocycles. The number of amides is 1. The van der Waals surface area contributed by atoms with Crippen molar-refractivity contribution in [2.24, 2.45) is 5.92 Å². The van der Waals surface area contributed by atoms with Crippen LogP contribution in [0.5, 0.6) is 5.75 Å². The van der Waals surface area contributed by atoms with Gasteiger partial charge in [0.25, 0.3) is 15.9 Å². The summed E-state index contributed by atoms with van der Waals surface area (Å²) in [5.41, 5.74) is 1.54. The first-order valence-corrected chi connectivity index (χ1v) is 12.4. The number of anilines is 1. The summed E-state index contributed by atoms with van der Waals surface area (Å²) in [7, 11) is -2.38. The topological polar surface area (TPSA) is 84.5 Å². The summed E-state index contributed by atoms with van der Waals surface area (Å²) >= 11 is 6.19. The Morgan fingerprint density at radius 3 is 2.27 bits per heavy atom. The first-order valence-electron chi connectivity index (χ1n) is 10.5. The molecule has 0 aliphatic rings. The van der Waals surface area contributed by atoms with Gasteiger partial charge in [-0.1, -0.05) is 55.8 Å². The van der Waals surface area contributed by atoms with Crippen LogP contribution in [0.3, 0.4) is 0 Å². The van der Waals surface area contributed by atoms with Crippen LogP contribution in [0.25, 0.3) is 0 Å². The van der Waals surface area contributed by atoms with Crippen molar-refractivity contribution in [2.75, 3.05) is 11.8 Å². The summed E-state index contributed by atoms with van der Waals surface area (Å²) in [5.74, 6) is 0.671. The van der Waals surface area contributed by atoms with E-state index in [2.05, 4.69) is 23.9 Å². The highest BCUT2D eigenvalue weighted by molar-refractivity contribution is 7.92. The number of hydrogen-bond acceptors (Lipinski definition) is 4. The molecule has 0 bridgehead atoms. The third kappa shape index (κ3) is 6.49. The summed E-state index contributed by atoms with van der Waals surface area (Å²) in [5, 5.41) is 3.06. The zero-order valence-electron chi connectivity index (χ0n) is 18.7. The van der Waals surface area contributed by atoms with Crippen molar-refractivity contribution in [2.45, 2.75) is 31.2 Å². The van der Waals surface area contributed by atoms with Gasteiger partial charge < -0.3 is 10.1 Å². The molecular weight excluding hydrogens is 460 g/mol. The number of para-hydroxylation sites is 1. The molecule has 1 amide bonds. The summed E-state index contributed by atoms with van der Waals surface area (Å²) in [6, 6.07) is 20.0. The maximum absolute atomic E-state index is 13.1. The number of benzene rings is 3. The van der Waals surface area contributed by atoms with Gasteiger partial charge >= 0.3 is 0 Å². The average molecular weight is 487 g/mol. The Bertz CT molecular complexity index is 1200. The van der Waals surface area contributed by atoms with Crippen molar-refractivity contribution in [1.82, 2.24) is 5.32 Å². The molecule has 6 nitrogen and oxygen atoms in total. The van der Waals surface area contributed by atoms with Crippen molar-refractivity contribution < 1.29 is 17.9 Å². The normalized spacial score (nSPS) is 12.3. The Kier molecular flexibility index (Phi) is 8.00. The van der Waals surface area contributed by atoms with Crippen LogP contribution in [-0.2, 0) is 10.0 Å². The number of ether oxygens (including phenoxy) is 1. The second-order valence-corrected chi connectivity index (χ2v) is 10.1. The minimum atomic E-state index is -3.98. The molecule has 174 valence electrons. The Labute approximate surface area is 200 Å². The molecule has 3 rings (SSSR count). The number of carbonyl (C=O) groups is 1. The number of carbonyl (C=O) groups excluding carboxylic acids is 1. The lowest BCUT2D eigenvalue weighted by Crippen LogP contribution is -2.29. The lowest BCUT2D eigenvalue weighted by molar-refractivity contribution is 0.0931. The van der Waals surface area contributed by atoms with Gasteiger partial charge in [0.05, 0.1) is 18.2 Å². The van der Waals surface area contributed by atoms with Crippen LogP contribution in [0.1, 0.15) is 42.2 Å². The molecule has 0 aliphatic heterocycles. The molecule has 33 heavy (non-hydrogen) atoms. The Balaban J connectivity index is 1.86. The van der Waals surface area contributed by atoms with E-state index < -0.39 is 10.0 Å². The zero-order valence-corrected chi connectivity index (χ0v) is 20.3. The molecule has 3 aromatic rings. The monoisotopic (exact) mass is 486 g/mol. The maximum Gasteiger partial charge on any atom is 0.263 e. The van der Waals surface area contributed by atoms with E-state index in [1.54, 1.807) is 37.4 Å². The standard InChI is InChI=1S/C25H27ClN2O4S/c1-17(2)15-23(18-9-12-21(32-3)13-10-18)27-25(29)19-11-14-22(26)24(16-19)33(30,31)28-20-7-5-4-6-8-20/h4-14,16-17,23,28H,15H2,1-3H3,(H,27,29)/t23-/m1/s1. The number of hydrogen-bond donors (Lipinski definition) is 2. The summed E-state index contributed by atoms with van der Waals surface area (Å²) in [6.07, 6.45) is 0.715. The quantitative estimate of drug-likeness (QED) is 0.408. The van der Waals surface area contributed by atoms with E-state index in [4.69, 9.17) is 16.3 Å². The first kappa shape index (κ1) is 24.6. The van der Waals surface area contributed by atoms with Gasteiger partial charge in [0.1, 0.15) is 10.6 Å². The van der Waals surface area contributed by atoms with E-state index in [-0.39, 0.29) is 27.4 Å². The summed E-state index contributed by atoms with van der Waals surface area (Å²) in [4.78, 5) is 12.9. The molecule has 2 N–H and O–H groups in total. The van der Waals surface area contributed by atoms with Gasteiger partial charge in [0, 0.05) is 11.3 Å². The molecule has 0 spiro atoms. The third-order valence-electron chi connectivity index (χ3n) is 5.04. The zero-order chi connectivity index (χ0) is 24.0. The number of sulfonamides is 1. The number of nitrogens with one attached hydrogen (secondary N) is 2. The van der Waals surface area contributed by atoms with Crippen molar-refractivity contribution in [3.63, 3.8) is 0 Å². The Morgan fingerprint density at radius 1 is 1.00 bits per heavy atom. The highest BCUT2D eigenvalue weighted by Crippen LogP contribution is 2.27. The van der Waals surface area contributed by atoms with Crippen LogP contribution < -0.4 is 14.8 Å². The fraction of sp³-hybridized carbons (Fsp3) is 0.240. The van der Waals surface area contributed by atoms with E-state index in [0.29, 0.717) is 18.0 Å². The molecule has 3 aromatic carbocycles. The van der Waals surface area contributed by atoms with Crippen molar-refractivity contribution in [3.8, 4) is 5.75 Å². The number of methoxy groups -OCH3 is 1. The van der Waals surface area contributed by atoms with E-state index in [1.165, 1.54) is 18.2 Å². The highest BCUT2D eigenvalue weighted by atomic mass is 35.5. The van der Waals surface area contributed by atoms with Crippen LogP contribution in [0.15, 0.2) is 77.7 Å². The van der Waals surface area contributed by atoms with Gasteiger partial charge in [-0.05, 0) is 60.4 Å². The second-order valence-electron chi connectivity index (χ2n) is 8.05. The van der Waals surface area contributed by atoms with Crippen molar-refractivity contribution >= 4 is 33.2 Å². The van der Waals surface area contributed by atoms with Crippen LogP contribution in [0.4, 0.5) is 5.69 Å². The molecule has 0 aliphatic carbocycles. The predicted octanol–water partition coefficient (Wildman–Crippen LogP) is 5.67. The lowest BCUT2D eigenvalue weighted by atomic mass is 9.96. The summed E-state index contributed by atoms with van der Waals surface area (Å²) in [6.45, 7) is 4.15. The minimum Gasteiger partial charge on any atom is -0.497 e. The minimum absolute atomic E-state index is 0.0314. The molecule has 0 saturated heterocycles. The Morgan fingerprint density at radius 2 is 1.67 bits per heavy atom. The van der Waals surface area contributed by atoms with E-state index in [9.17, 15) is 13.2 Å². The van der Waals surface area contributed by atoms with E-state index >= 15 is 0 Å². The van der Waals surface area contributed by atoms with Gasteiger partial charge in [-0.2, -0.15) is 0 Å². The van der Waals surface area contributed by atoms with Crippen molar-refractivity contribution in [1.29, 1.82) is 0 Å².